The Morgan fingerprint density at radius 2 is 1.06 bits per heavy atom. The van der Waals surface area contributed by atoms with E-state index >= 15 is 0 Å². The molecule has 0 bridgehead atoms. The molecule has 0 saturated heterocycles. The van der Waals surface area contributed by atoms with Gasteiger partial charge in [0.05, 0.1) is 40.3 Å². The number of carbonyl (C=O) groups is 3. The summed E-state index contributed by atoms with van der Waals surface area (Å²) in [7, 11) is 5.38. The highest BCUT2D eigenvalue weighted by Crippen LogP contribution is 2.13. The van der Waals surface area contributed by atoms with Crippen molar-refractivity contribution < 1.29 is 38.2 Å². The van der Waals surface area contributed by atoms with Crippen molar-refractivity contribution in [3.63, 3.8) is 0 Å². The third-order valence-electron chi connectivity index (χ3n) is 8.92. The summed E-state index contributed by atoms with van der Waals surface area (Å²) < 4.78 is 17.1. The van der Waals surface area contributed by atoms with Gasteiger partial charge in [0.15, 0.2) is 6.10 Å². The molecule has 0 aliphatic carbocycles. The molecule has 0 heterocycles. The normalized spacial score (nSPS) is 13.6. The van der Waals surface area contributed by atoms with Crippen LogP contribution in [0.5, 0.6) is 0 Å². The van der Waals surface area contributed by atoms with Crippen molar-refractivity contribution in [1.29, 1.82) is 0 Å². The van der Waals surface area contributed by atoms with E-state index in [1.807, 2.05) is 0 Å². The van der Waals surface area contributed by atoms with E-state index in [9.17, 15) is 19.5 Å². The summed E-state index contributed by atoms with van der Waals surface area (Å²) >= 11 is 0. The van der Waals surface area contributed by atoms with E-state index in [0.717, 1.165) is 70.6 Å². The molecule has 0 aliphatic heterocycles. The zero-order valence-corrected chi connectivity index (χ0v) is 34.4. The van der Waals surface area contributed by atoms with Crippen LogP contribution in [-0.2, 0) is 28.6 Å². The predicted octanol–water partition coefficient (Wildman–Crippen LogP) is 9.69. The quantitative estimate of drug-likeness (QED) is 0.0273. The number of quaternary nitrogens is 1. The standard InChI is InChI=1S/C45H77NO7/c1-6-8-10-12-14-16-18-19-20-21-22-23-24-25-26-28-30-32-34-36-44(48)53-41(39-51-38-37-42(45(49)50)46(3,4)5)40-52-43(47)35-33-31-29-27-17-15-13-11-9-7-2/h8,10,14,16,19-20,22-23,25-26,41-42H,6-7,9,11-13,15,17-18,21,24,27-40H2,1-5H3/b10-8-,16-14-,20-19-,23-22-,26-25-. The Morgan fingerprint density at radius 3 is 1.57 bits per heavy atom. The van der Waals surface area contributed by atoms with Crippen LogP contribution in [0.4, 0.5) is 0 Å². The number of esters is 2. The zero-order chi connectivity index (χ0) is 39.3. The van der Waals surface area contributed by atoms with Crippen molar-refractivity contribution in [3.8, 4) is 0 Å². The van der Waals surface area contributed by atoms with Gasteiger partial charge in [0, 0.05) is 19.3 Å². The highest BCUT2D eigenvalue weighted by Gasteiger charge is 2.25. The Labute approximate surface area is 324 Å². The van der Waals surface area contributed by atoms with E-state index in [4.69, 9.17) is 14.2 Å². The Bertz CT molecular complexity index is 1050. The highest BCUT2D eigenvalue weighted by molar-refractivity contribution is 5.70. The molecule has 304 valence electrons. The summed E-state index contributed by atoms with van der Waals surface area (Å²) in [6, 6.07) is -0.732. The maximum absolute atomic E-state index is 12.7. The molecule has 0 aliphatic rings. The van der Waals surface area contributed by atoms with Gasteiger partial charge in [-0.25, -0.2) is 0 Å². The summed E-state index contributed by atoms with van der Waals surface area (Å²) in [4.78, 5) is 36.7. The van der Waals surface area contributed by atoms with Gasteiger partial charge in [-0.15, -0.1) is 0 Å². The van der Waals surface area contributed by atoms with Gasteiger partial charge in [-0.05, 0) is 57.8 Å². The fourth-order valence-corrected chi connectivity index (χ4v) is 5.68. The number of allylic oxidation sites excluding steroid dienone is 10. The molecule has 0 spiro atoms. The van der Waals surface area contributed by atoms with Gasteiger partial charge in [0.25, 0.3) is 0 Å². The molecule has 0 rings (SSSR count). The highest BCUT2D eigenvalue weighted by atomic mass is 16.6. The first kappa shape index (κ1) is 50.0. The molecule has 0 aromatic rings. The molecular weight excluding hydrogens is 666 g/mol. The molecule has 0 aromatic carbocycles. The maximum atomic E-state index is 12.7. The van der Waals surface area contributed by atoms with E-state index in [0.29, 0.717) is 12.8 Å². The summed E-state index contributed by atoms with van der Waals surface area (Å²) in [5, 5.41) is 11.6. The molecule has 0 aromatic heterocycles. The summed E-state index contributed by atoms with van der Waals surface area (Å²) in [6.45, 7) is 4.48. The minimum atomic E-state index is -1.13. The first-order chi connectivity index (χ1) is 25.6. The lowest BCUT2D eigenvalue weighted by Crippen LogP contribution is -2.55. The zero-order valence-electron chi connectivity index (χ0n) is 34.4. The fraction of sp³-hybridized carbons (Fsp3) is 0.711. The van der Waals surface area contributed by atoms with Crippen molar-refractivity contribution in [2.75, 3.05) is 41.0 Å². The molecule has 0 radical (unpaired) electrons. The second-order valence-electron chi connectivity index (χ2n) is 14.8. The molecule has 53 heavy (non-hydrogen) atoms. The van der Waals surface area contributed by atoms with Crippen LogP contribution in [-0.4, -0.2) is 75.5 Å². The van der Waals surface area contributed by atoms with Crippen molar-refractivity contribution >= 4 is 17.9 Å². The lowest BCUT2D eigenvalue weighted by molar-refractivity contribution is -0.889. The third kappa shape index (κ3) is 34.5. The van der Waals surface area contributed by atoms with Crippen molar-refractivity contribution in [1.82, 2.24) is 0 Å². The van der Waals surface area contributed by atoms with Crippen LogP contribution < -0.4 is 5.11 Å². The largest absolute Gasteiger partial charge is 0.544 e. The molecule has 0 saturated carbocycles. The van der Waals surface area contributed by atoms with E-state index in [1.165, 1.54) is 44.9 Å². The van der Waals surface area contributed by atoms with Crippen LogP contribution in [0.1, 0.15) is 155 Å². The van der Waals surface area contributed by atoms with Crippen molar-refractivity contribution in [2.45, 2.75) is 167 Å². The number of hydrogen-bond acceptors (Lipinski definition) is 7. The summed E-state index contributed by atoms with van der Waals surface area (Å²) in [5.41, 5.74) is 0. The van der Waals surface area contributed by atoms with Crippen molar-refractivity contribution in [3.05, 3.63) is 60.8 Å². The minimum Gasteiger partial charge on any atom is -0.544 e. The van der Waals surface area contributed by atoms with Gasteiger partial charge < -0.3 is 28.6 Å². The van der Waals surface area contributed by atoms with Crippen LogP contribution in [0, 0.1) is 0 Å². The number of likely N-dealkylation sites (N-methyl/N-ethyl adjacent to an activating group) is 1. The predicted molar refractivity (Wildman–Crippen MR) is 217 cm³/mol. The number of ether oxygens (including phenoxy) is 3. The molecule has 0 amide bonds. The number of nitrogens with zero attached hydrogens (tertiary/aromatic N) is 1. The van der Waals surface area contributed by atoms with Crippen LogP contribution in [0.2, 0.25) is 0 Å². The third-order valence-corrected chi connectivity index (χ3v) is 8.92. The van der Waals surface area contributed by atoms with Gasteiger partial charge >= 0.3 is 11.9 Å². The van der Waals surface area contributed by atoms with Gasteiger partial charge in [0.2, 0.25) is 0 Å². The van der Waals surface area contributed by atoms with E-state index < -0.39 is 18.1 Å². The Balaban J connectivity index is 4.43. The molecule has 2 atom stereocenters. The number of aliphatic carboxylic acids is 1. The maximum Gasteiger partial charge on any atom is 0.306 e. The molecule has 0 N–H and O–H groups in total. The monoisotopic (exact) mass is 744 g/mol. The number of carbonyl (C=O) groups excluding carboxylic acids is 3. The summed E-state index contributed by atoms with van der Waals surface area (Å²) in [6.07, 6.45) is 42.4. The second kappa shape index (κ2) is 36.0. The Kier molecular flexibility index (Phi) is 34.0. The fourth-order valence-electron chi connectivity index (χ4n) is 5.68. The van der Waals surface area contributed by atoms with Gasteiger partial charge in [-0.1, -0.05) is 139 Å². The minimum absolute atomic E-state index is 0.0260. The van der Waals surface area contributed by atoms with Gasteiger partial charge in [-0.3, -0.25) is 9.59 Å². The number of carboxylic acids is 1. The Hall–Kier alpha value is -2.97. The Morgan fingerprint density at radius 1 is 0.585 bits per heavy atom. The van der Waals surface area contributed by atoms with E-state index in [2.05, 4.69) is 74.6 Å². The van der Waals surface area contributed by atoms with Crippen LogP contribution >= 0.6 is 0 Å². The SMILES string of the molecule is CC/C=C\C/C=C\C/C=C\C/C=C\C/C=C\CCCCCC(=O)OC(COCCC(C(=O)[O-])[N+](C)(C)C)COC(=O)CCCCCCCCCCCC. The van der Waals surface area contributed by atoms with Crippen LogP contribution in [0.25, 0.3) is 0 Å². The van der Waals surface area contributed by atoms with E-state index in [-0.39, 0.29) is 49.1 Å². The second-order valence-corrected chi connectivity index (χ2v) is 14.8. The van der Waals surface area contributed by atoms with Gasteiger partial charge in [-0.2, -0.15) is 0 Å². The van der Waals surface area contributed by atoms with E-state index in [1.54, 1.807) is 21.1 Å². The lowest BCUT2D eigenvalue weighted by Gasteiger charge is -2.34. The van der Waals surface area contributed by atoms with Crippen LogP contribution in [0.3, 0.4) is 0 Å². The molecule has 8 heteroatoms. The molecular formula is C45H77NO7. The molecule has 2 unspecified atom stereocenters. The van der Waals surface area contributed by atoms with Gasteiger partial charge in [0.1, 0.15) is 12.6 Å². The number of hydrogen-bond donors (Lipinski definition) is 0. The first-order valence-electron chi connectivity index (χ1n) is 20.8. The topological polar surface area (TPSA) is 102 Å². The average Bonchev–Trinajstić information content (AvgIpc) is 3.11. The lowest BCUT2D eigenvalue weighted by atomic mass is 10.1. The number of unbranched alkanes of at least 4 members (excludes halogenated alkanes) is 12. The average molecular weight is 744 g/mol. The first-order valence-corrected chi connectivity index (χ1v) is 20.8. The van der Waals surface area contributed by atoms with Crippen molar-refractivity contribution in [2.24, 2.45) is 0 Å². The molecule has 8 nitrogen and oxygen atoms in total. The van der Waals surface area contributed by atoms with Crippen LogP contribution in [0.15, 0.2) is 60.8 Å². The number of rotatable bonds is 36. The number of carboxylic acid groups (broad SMARTS) is 1. The molecule has 0 fully saturated rings. The summed E-state index contributed by atoms with van der Waals surface area (Å²) in [5.74, 6) is -1.78. The smallest absolute Gasteiger partial charge is 0.306 e.